The Bertz CT molecular complexity index is 1000. The summed E-state index contributed by atoms with van der Waals surface area (Å²) in [7, 11) is 0. The van der Waals surface area contributed by atoms with Crippen molar-refractivity contribution >= 4 is 29.4 Å². The highest BCUT2D eigenvalue weighted by Crippen LogP contribution is 2.23. The first-order valence-electron chi connectivity index (χ1n) is 10.2. The molecular weight excluding hydrogens is 396 g/mol. The summed E-state index contributed by atoms with van der Waals surface area (Å²) in [6, 6.07) is 10.6. The Balaban J connectivity index is 1.48. The third-order valence-corrected chi connectivity index (χ3v) is 5.24. The van der Waals surface area contributed by atoms with Gasteiger partial charge in [-0.2, -0.15) is 0 Å². The number of nitrogens with one attached hydrogen (secondary N) is 1. The molecule has 0 saturated heterocycles. The summed E-state index contributed by atoms with van der Waals surface area (Å²) >= 11 is 0. The van der Waals surface area contributed by atoms with E-state index in [0.29, 0.717) is 16.8 Å². The zero-order chi connectivity index (χ0) is 22.7. The maximum absolute atomic E-state index is 12.4. The molecule has 0 saturated carbocycles. The van der Waals surface area contributed by atoms with Gasteiger partial charge in [-0.15, -0.1) is 0 Å². The summed E-state index contributed by atoms with van der Waals surface area (Å²) < 4.78 is 5.23. The Morgan fingerprint density at radius 3 is 2.10 bits per heavy atom. The van der Waals surface area contributed by atoms with Gasteiger partial charge in [-0.05, 0) is 57.4 Å². The number of anilines is 1. The van der Waals surface area contributed by atoms with E-state index in [1.807, 2.05) is 32.9 Å². The van der Waals surface area contributed by atoms with Crippen LogP contribution in [0.25, 0.3) is 0 Å². The number of hydrogen-bond donors (Lipinski definition) is 1. The zero-order valence-electron chi connectivity index (χ0n) is 18.2. The van der Waals surface area contributed by atoms with Crippen LogP contribution in [0.3, 0.4) is 0 Å². The summed E-state index contributed by atoms with van der Waals surface area (Å²) in [6.07, 6.45) is -0.713. The molecule has 0 bridgehead atoms. The van der Waals surface area contributed by atoms with Crippen LogP contribution in [-0.4, -0.2) is 41.2 Å². The molecule has 1 aliphatic rings. The number of carbonyl (C=O) groups is 4. The number of nitrogens with zero attached hydrogens (tertiary/aromatic N) is 1. The minimum absolute atomic E-state index is 0.00634. The molecule has 7 heteroatoms. The van der Waals surface area contributed by atoms with E-state index in [4.69, 9.17) is 4.74 Å². The first-order chi connectivity index (χ1) is 14.7. The lowest BCUT2D eigenvalue weighted by molar-refractivity contribution is -0.153. The van der Waals surface area contributed by atoms with E-state index in [-0.39, 0.29) is 31.2 Å². The topological polar surface area (TPSA) is 92.8 Å². The monoisotopic (exact) mass is 422 g/mol. The van der Waals surface area contributed by atoms with Crippen LogP contribution < -0.4 is 5.32 Å². The lowest BCUT2D eigenvalue weighted by Gasteiger charge is -2.17. The fraction of sp³-hybridized carbons (Fsp3) is 0.333. The van der Waals surface area contributed by atoms with Crippen molar-refractivity contribution in [1.82, 2.24) is 4.90 Å². The van der Waals surface area contributed by atoms with Crippen LogP contribution in [0, 0.1) is 20.8 Å². The summed E-state index contributed by atoms with van der Waals surface area (Å²) in [5, 5.41) is 2.82. The van der Waals surface area contributed by atoms with Crippen LogP contribution in [0.4, 0.5) is 5.69 Å². The van der Waals surface area contributed by atoms with Gasteiger partial charge in [0.2, 0.25) is 0 Å². The van der Waals surface area contributed by atoms with Crippen LogP contribution in [0.1, 0.15) is 57.2 Å². The Hall–Kier alpha value is -3.48. The summed E-state index contributed by atoms with van der Waals surface area (Å²) in [5.41, 5.74) is 4.44. The molecule has 1 atom stereocenters. The second-order valence-corrected chi connectivity index (χ2v) is 7.81. The molecule has 3 rings (SSSR count). The first-order valence-corrected chi connectivity index (χ1v) is 10.2. The molecule has 0 aliphatic carbocycles. The van der Waals surface area contributed by atoms with Gasteiger partial charge in [-0.1, -0.05) is 29.8 Å². The van der Waals surface area contributed by atoms with Gasteiger partial charge in [0.25, 0.3) is 17.7 Å². The first kappa shape index (κ1) is 22.2. The van der Waals surface area contributed by atoms with Crippen LogP contribution in [0.15, 0.2) is 36.4 Å². The molecule has 2 aromatic rings. The molecule has 162 valence electrons. The van der Waals surface area contributed by atoms with Crippen molar-refractivity contribution in [3.8, 4) is 0 Å². The molecule has 0 aromatic heterocycles. The number of carbonyl (C=O) groups excluding carboxylic acids is 4. The highest BCUT2D eigenvalue weighted by Gasteiger charge is 2.34. The Morgan fingerprint density at radius 2 is 1.55 bits per heavy atom. The summed E-state index contributed by atoms with van der Waals surface area (Å²) in [6.45, 7) is 7.43. The Kier molecular flexibility index (Phi) is 6.53. The van der Waals surface area contributed by atoms with Crippen LogP contribution >= 0.6 is 0 Å². The summed E-state index contributed by atoms with van der Waals surface area (Å²) in [4.78, 5) is 50.4. The van der Waals surface area contributed by atoms with Crippen LogP contribution in [0.5, 0.6) is 0 Å². The van der Waals surface area contributed by atoms with Gasteiger partial charge in [-0.3, -0.25) is 24.1 Å². The highest BCUT2D eigenvalue weighted by atomic mass is 16.5. The molecule has 31 heavy (non-hydrogen) atoms. The molecule has 1 heterocycles. The van der Waals surface area contributed by atoms with Crippen molar-refractivity contribution in [1.29, 1.82) is 0 Å². The SMILES string of the molecule is Cc1cc(C)c(NC(=O)C(C)OC(=O)CCCN2C(=O)c3ccccc3C2=O)c(C)c1. The average molecular weight is 422 g/mol. The molecule has 3 amide bonds. The molecule has 0 radical (unpaired) electrons. The number of hydrogen-bond acceptors (Lipinski definition) is 5. The molecular formula is C24H26N2O5. The molecule has 7 nitrogen and oxygen atoms in total. The van der Waals surface area contributed by atoms with Crippen molar-refractivity contribution < 1.29 is 23.9 Å². The van der Waals surface area contributed by atoms with Gasteiger partial charge in [0.05, 0.1) is 11.1 Å². The van der Waals surface area contributed by atoms with E-state index < -0.39 is 18.0 Å². The lowest BCUT2D eigenvalue weighted by atomic mass is 10.0. The van der Waals surface area contributed by atoms with E-state index >= 15 is 0 Å². The maximum atomic E-state index is 12.4. The number of rotatable bonds is 7. The molecule has 0 spiro atoms. The molecule has 1 N–H and O–H groups in total. The quantitative estimate of drug-likeness (QED) is 0.544. The van der Waals surface area contributed by atoms with Crippen molar-refractivity contribution in [2.24, 2.45) is 0 Å². The number of benzene rings is 2. The van der Waals surface area contributed by atoms with E-state index in [1.54, 1.807) is 24.3 Å². The van der Waals surface area contributed by atoms with Crippen molar-refractivity contribution in [2.75, 3.05) is 11.9 Å². The van der Waals surface area contributed by atoms with E-state index in [1.165, 1.54) is 6.92 Å². The van der Waals surface area contributed by atoms with Crippen LogP contribution in [-0.2, 0) is 14.3 Å². The molecule has 1 aliphatic heterocycles. The van der Waals surface area contributed by atoms with Gasteiger partial charge < -0.3 is 10.1 Å². The Morgan fingerprint density at radius 1 is 1.00 bits per heavy atom. The summed E-state index contributed by atoms with van der Waals surface area (Å²) in [5.74, 6) is -1.68. The number of imide groups is 1. The normalized spacial score (nSPS) is 13.7. The smallest absolute Gasteiger partial charge is 0.306 e. The zero-order valence-corrected chi connectivity index (χ0v) is 18.2. The number of aryl methyl sites for hydroxylation is 3. The number of amides is 3. The minimum atomic E-state index is -0.966. The fourth-order valence-electron chi connectivity index (χ4n) is 3.74. The predicted molar refractivity (Wildman–Crippen MR) is 116 cm³/mol. The van der Waals surface area contributed by atoms with Gasteiger partial charge in [0.15, 0.2) is 6.10 Å². The second kappa shape index (κ2) is 9.12. The maximum Gasteiger partial charge on any atom is 0.306 e. The third-order valence-electron chi connectivity index (χ3n) is 5.24. The van der Waals surface area contributed by atoms with Gasteiger partial charge in [-0.25, -0.2) is 0 Å². The van der Waals surface area contributed by atoms with E-state index in [9.17, 15) is 19.2 Å². The molecule has 1 unspecified atom stereocenters. The minimum Gasteiger partial charge on any atom is -0.453 e. The number of ether oxygens (including phenoxy) is 1. The average Bonchev–Trinajstić information content (AvgIpc) is 2.95. The van der Waals surface area contributed by atoms with Crippen molar-refractivity contribution in [3.05, 3.63) is 64.2 Å². The van der Waals surface area contributed by atoms with Gasteiger partial charge in [0, 0.05) is 18.7 Å². The fourth-order valence-corrected chi connectivity index (χ4v) is 3.74. The molecule has 0 fully saturated rings. The number of fused-ring (bicyclic) bond motifs is 1. The van der Waals surface area contributed by atoms with Crippen molar-refractivity contribution in [2.45, 2.75) is 46.6 Å². The van der Waals surface area contributed by atoms with E-state index in [0.717, 1.165) is 21.6 Å². The van der Waals surface area contributed by atoms with Crippen LogP contribution in [0.2, 0.25) is 0 Å². The lowest BCUT2D eigenvalue weighted by Crippen LogP contribution is -2.32. The predicted octanol–water partition coefficient (Wildman–Crippen LogP) is 3.56. The van der Waals surface area contributed by atoms with E-state index in [2.05, 4.69) is 5.32 Å². The van der Waals surface area contributed by atoms with Gasteiger partial charge >= 0.3 is 5.97 Å². The number of esters is 1. The van der Waals surface area contributed by atoms with Crippen molar-refractivity contribution in [3.63, 3.8) is 0 Å². The molecule has 2 aromatic carbocycles. The third kappa shape index (κ3) is 4.82. The van der Waals surface area contributed by atoms with Gasteiger partial charge in [0.1, 0.15) is 0 Å². The Labute approximate surface area is 181 Å². The highest BCUT2D eigenvalue weighted by molar-refractivity contribution is 6.21. The second-order valence-electron chi connectivity index (χ2n) is 7.81. The largest absolute Gasteiger partial charge is 0.453 e. The standard InChI is InChI=1S/C24H26N2O5/c1-14-12-15(2)21(16(3)13-14)25-22(28)17(4)31-20(27)10-7-11-26-23(29)18-8-5-6-9-19(18)24(26)30/h5-6,8-9,12-13,17H,7,10-11H2,1-4H3,(H,25,28).